The zero-order valence-electron chi connectivity index (χ0n) is 21.8. The summed E-state index contributed by atoms with van der Waals surface area (Å²) in [6, 6.07) is 16.6. The highest BCUT2D eigenvalue weighted by Gasteiger charge is 2.19. The fourth-order valence-electron chi connectivity index (χ4n) is 5.07. The minimum absolute atomic E-state index is 0.0429. The van der Waals surface area contributed by atoms with Gasteiger partial charge in [-0.2, -0.15) is 5.10 Å². The predicted molar refractivity (Wildman–Crippen MR) is 153 cm³/mol. The maximum absolute atomic E-state index is 14.7. The van der Waals surface area contributed by atoms with Crippen LogP contribution in [-0.2, 0) is 4.79 Å². The zero-order chi connectivity index (χ0) is 27.1. The monoisotopic (exact) mass is 518 g/mol. The Balaban J connectivity index is 1.42. The number of carbonyl (C=O) groups is 1. The summed E-state index contributed by atoms with van der Waals surface area (Å²) in [6.07, 6.45) is 5.57. The zero-order valence-corrected chi connectivity index (χ0v) is 21.8. The molecule has 6 rings (SSSR count). The molecule has 0 aliphatic rings. The summed E-state index contributed by atoms with van der Waals surface area (Å²) >= 11 is 0. The minimum Gasteiger partial charge on any atom is -0.353 e. The summed E-state index contributed by atoms with van der Waals surface area (Å²) < 4.78 is 14.7. The fraction of sp³-hybridized carbons (Fsp3) is 0.161. The highest BCUT2D eigenvalue weighted by Crippen LogP contribution is 2.38. The molecule has 0 saturated heterocycles. The van der Waals surface area contributed by atoms with E-state index in [9.17, 15) is 9.18 Å². The van der Waals surface area contributed by atoms with Crippen molar-refractivity contribution in [2.45, 2.75) is 27.2 Å². The molecule has 0 unspecified atom stereocenters. The van der Waals surface area contributed by atoms with Crippen molar-refractivity contribution < 1.29 is 9.18 Å². The van der Waals surface area contributed by atoms with E-state index in [1.54, 1.807) is 30.7 Å². The number of pyridine rings is 2. The van der Waals surface area contributed by atoms with Gasteiger partial charge in [0, 0.05) is 51.8 Å². The third-order valence-corrected chi connectivity index (χ3v) is 6.85. The van der Waals surface area contributed by atoms with Crippen LogP contribution in [0.4, 0.5) is 10.1 Å². The first-order valence-corrected chi connectivity index (χ1v) is 12.8. The number of fused-ring (bicyclic) bond motifs is 2. The van der Waals surface area contributed by atoms with Gasteiger partial charge in [0.15, 0.2) is 5.65 Å². The summed E-state index contributed by atoms with van der Waals surface area (Å²) in [5.74, 6) is -0.0361. The van der Waals surface area contributed by atoms with Crippen LogP contribution in [0.3, 0.4) is 0 Å². The van der Waals surface area contributed by atoms with Gasteiger partial charge >= 0.3 is 0 Å². The van der Waals surface area contributed by atoms with Crippen LogP contribution in [0.1, 0.15) is 25.8 Å². The van der Waals surface area contributed by atoms with Crippen LogP contribution in [-0.4, -0.2) is 31.1 Å². The van der Waals surface area contributed by atoms with Gasteiger partial charge < -0.3 is 10.3 Å². The van der Waals surface area contributed by atoms with Crippen molar-refractivity contribution in [3.05, 3.63) is 84.6 Å². The summed E-state index contributed by atoms with van der Waals surface area (Å²) in [5, 5.41) is 12.3. The molecule has 0 aliphatic heterocycles. The molecule has 6 aromatic rings. The molecule has 0 saturated carbocycles. The van der Waals surface area contributed by atoms with Gasteiger partial charge in [-0.05, 0) is 48.2 Å². The van der Waals surface area contributed by atoms with Crippen LogP contribution in [0.5, 0.6) is 0 Å². The molecule has 0 atom stereocenters. The van der Waals surface area contributed by atoms with Gasteiger partial charge in [-0.1, -0.05) is 44.2 Å². The quantitative estimate of drug-likeness (QED) is 0.216. The molecule has 0 fully saturated rings. The first-order valence-electron chi connectivity index (χ1n) is 12.8. The molecule has 1 amide bonds. The SMILES string of the molecule is Cc1c(-c2[nH]nc3ncc(-c4cncc(NC(=O)CC(C)C)c4)cc23)[nH]c2cccc(-c3ccccc3F)c12. The van der Waals surface area contributed by atoms with Crippen molar-refractivity contribution in [1.29, 1.82) is 0 Å². The maximum atomic E-state index is 14.7. The Morgan fingerprint density at radius 1 is 0.974 bits per heavy atom. The molecule has 4 aromatic heterocycles. The van der Waals surface area contributed by atoms with Crippen molar-refractivity contribution in [1.82, 2.24) is 25.1 Å². The third-order valence-electron chi connectivity index (χ3n) is 6.85. The van der Waals surface area contributed by atoms with E-state index in [0.717, 1.165) is 49.9 Å². The lowest BCUT2D eigenvalue weighted by Gasteiger charge is -2.08. The molecule has 0 spiro atoms. The lowest BCUT2D eigenvalue weighted by Crippen LogP contribution is -2.13. The molecule has 8 heteroatoms. The summed E-state index contributed by atoms with van der Waals surface area (Å²) in [4.78, 5) is 24.7. The molecule has 0 aliphatic carbocycles. The number of hydrogen-bond acceptors (Lipinski definition) is 4. The molecule has 194 valence electrons. The van der Waals surface area contributed by atoms with Crippen molar-refractivity contribution in [2.75, 3.05) is 5.32 Å². The highest BCUT2D eigenvalue weighted by atomic mass is 19.1. The third kappa shape index (κ3) is 4.54. The number of nitrogens with one attached hydrogen (secondary N) is 3. The number of aryl methyl sites for hydroxylation is 1. The van der Waals surface area contributed by atoms with Crippen molar-refractivity contribution in [2.24, 2.45) is 5.92 Å². The van der Waals surface area contributed by atoms with E-state index < -0.39 is 0 Å². The van der Waals surface area contributed by atoms with Crippen molar-refractivity contribution in [3.8, 4) is 33.6 Å². The Labute approximate surface area is 224 Å². The Kier molecular flexibility index (Phi) is 6.15. The second-order valence-corrected chi connectivity index (χ2v) is 10.1. The Bertz CT molecular complexity index is 1850. The van der Waals surface area contributed by atoms with Gasteiger partial charge in [-0.3, -0.25) is 14.9 Å². The van der Waals surface area contributed by atoms with E-state index in [1.807, 2.05) is 57.2 Å². The van der Waals surface area contributed by atoms with Crippen LogP contribution in [0.15, 0.2) is 73.2 Å². The topological polar surface area (TPSA) is 99.3 Å². The normalized spacial score (nSPS) is 11.5. The van der Waals surface area contributed by atoms with E-state index in [2.05, 4.69) is 30.5 Å². The van der Waals surface area contributed by atoms with Gasteiger partial charge in [0.2, 0.25) is 5.91 Å². The van der Waals surface area contributed by atoms with Crippen LogP contribution in [0, 0.1) is 18.7 Å². The number of hydrogen-bond donors (Lipinski definition) is 3. The predicted octanol–water partition coefficient (Wildman–Crippen LogP) is 7.27. The number of anilines is 1. The lowest BCUT2D eigenvalue weighted by atomic mass is 9.98. The van der Waals surface area contributed by atoms with E-state index in [1.165, 1.54) is 6.07 Å². The number of rotatable bonds is 6. The van der Waals surface area contributed by atoms with E-state index in [4.69, 9.17) is 0 Å². The number of aromatic nitrogens is 5. The van der Waals surface area contributed by atoms with Crippen molar-refractivity contribution in [3.63, 3.8) is 0 Å². The molecule has 0 bridgehead atoms. The Morgan fingerprint density at radius 3 is 2.59 bits per heavy atom. The van der Waals surface area contributed by atoms with E-state index in [-0.39, 0.29) is 17.6 Å². The van der Waals surface area contributed by atoms with Crippen LogP contribution in [0.25, 0.3) is 55.6 Å². The number of amides is 1. The summed E-state index contributed by atoms with van der Waals surface area (Å²) in [6.45, 7) is 6.04. The minimum atomic E-state index is -0.260. The number of carbonyl (C=O) groups excluding carboxylic acids is 1. The number of nitrogens with zero attached hydrogens (tertiary/aromatic N) is 3. The van der Waals surface area contributed by atoms with Crippen LogP contribution in [0.2, 0.25) is 0 Å². The second kappa shape index (κ2) is 9.79. The molecule has 4 heterocycles. The van der Waals surface area contributed by atoms with Gasteiger partial charge in [0.1, 0.15) is 5.82 Å². The lowest BCUT2D eigenvalue weighted by molar-refractivity contribution is -0.116. The maximum Gasteiger partial charge on any atom is 0.224 e. The fourth-order valence-corrected chi connectivity index (χ4v) is 5.07. The van der Waals surface area contributed by atoms with E-state index >= 15 is 0 Å². The Hall–Kier alpha value is -4.85. The first-order chi connectivity index (χ1) is 18.9. The first kappa shape index (κ1) is 24.5. The number of aromatic amines is 2. The van der Waals surface area contributed by atoms with Gasteiger partial charge in [-0.25, -0.2) is 9.37 Å². The number of halogens is 1. The van der Waals surface area contributed by atoms with Crippen molar-refractivity contribution >= 4 is 33.5 Å². The Morgan fingerprint density at radius 2 is 1.77 bits per heavy atom. The number of benzene rings is 2. The smallest absolute Gasteiger partial charge is 0.224 e. The van der Waals surface area contributed by atoms with Gasteiger partial charge in [0.25, 0.3) is 0 Å². The van der Waals surface area contributed by atoms with Crippen LogP contribution < -0.4 is 5.32 Å². The molecule has 0 radical (unpaired) electrons. The average molecular weight is 519 g/mol. The van der Waals surface area contributed by atoms with Gasteiger partial charge in [-0.15, -0.1) is 0 Å². The second-order valence-electron chi connectivity index (χ2n) is 10.1. The van der Waals surface area contributed by atoms with Gasteiger partial charge in [0.05, 0.1) is 23.3 Å². The molecule has 7 nitrogen and oxygen atoms in total. The average Bonchev–Trinajstić information content (AvgIpc) is 3.49. The number of H-pyrrole nitrogens is 2. The molecular formula is C31H27FN6O. The highest BCUT2D eigenvalue weighted by molar-refractivity contribution is 6.04. The molecule has 3 N–H and O–H groups in total. The standard InChI is InChI=1S/C31H27FN6O/c1-17(2)11-27(39)35-21-12-19(14-33-16-21)20-13-24-30(37-38-31(24)34-15-20)29-18(3)28-23(8-6-10-26(28)36-29)22-7-4-5-9-25(22)32/h4-10,12-17,36H,11H2,1-3H3,(H,35,39)(H,34,37,38). The molecule has 2 aromatic carbocycles. The largest absolute Gasteiger partial charge is 0.353 e. The van der Waals surface area contributed by atoms with E-state index in [0.29, 0.717) is 23.3 Å². The summed E-state index contributed by atoms with van der Waals surface area (Å²) in [7, 11) is 0. The molecule has 39 heavy (non-hydrogen) atoms. The summed E-state index contributed by atoms with van der Waals surface area (Å²) in [5.41, 5.74) is 7.82. The molecular weight excluding hydrogens is 491 g/mol. The van der Waals surface area contributed by atoms with Crippen LogP contribution >= 0.6 is 0 Å².